The molecule has 1 atom stereocenters. The van der Waals surface area contributed by atoms with Crippen LogP contribution in [-0.2, 0) is 0 Å². The van der Waals surface area contributed by atoms with Crippen molar-refractivity contribution in [2.75, 3.05) is 26.2 Å². The van der Waals surface area contributed by atoms with E-state index < -0.39 is 0 Å². The number of aliphatic hydroxyl groups excluding tert-OH is 1. The van der Waals surface area contributed by atoms with Gasteiger partial charge in [0.15, 0.2) is 0 Å². The number of unbranched alkanes of at least 4 members (excludes halogenated alkanes) is 1. The van der Waals surface area contributed by atoms with Crippen molar-refractivity contribution >= 4 is 0 Å². The van der Waals surface area contributed by atoms with E-state index in [9.17, 15) is 0 Å². The van der Waals surface area contributed by atoms with Crippen LogP contribution in [-0.4, -0.2) is 37.4 Å². The molecule has 1 saturated heterocycles. The van der Waals surface area contributed by atoms with Crippen LogP contribution in [0.1, 0.15) is 19.3 Å². The molecule has 0 amide bonds. The second kappa shape index (κ2) is 5.52. The highest BCUT2D eigenvalue weighted by atomic mass is 16.2. The molecule has 3 N–H and O–H groups in total. The van der Waals surface area contributed by atoms with Crippen molar-refractivity contribution in [1.29, 1.82) is 0 Å². The van der Waals surface area contributed by atoms with Gasteiger partial charge in [-0.1, -0.05) is 0 Å². The van der Waals surface area contributed by atoms with Crippen LogP contribution in [0, 0.1) is 0 Å². The van der Waals surface area contributed by atoms with Crippen molar-refractivity contribution in [3.8, 4) is 0 Å². The monoisotopic (exact) mass is 158 g/mol. The van der Waals surface area contributed by atoms with Crippen molar-refractivity contribution in [3.05, 3.63) is 0 Å². The lowest BCUT2D eigenvalue weighted by molar-refractivity contribution is 0.283. The number of hydrogen-bond acceptors (Lipinski definition) is 3. The fourth-order valence-electron chi connectivity index (χ4n) is 1.37. The van der Waals surface area contributed by atoms with Crippen molar-refractivity contribution in [1.82, 2.24) is 10.6 Å². The average Bonchev–Trinajstić information content (AvgIpc) is 2.50. The zero-order chi connectivity index (χ0) is 7.94. The Morgan fingerprint density at radius 3 is 3.00 bits per heavy atom. The van der Waals surface area contributed by atoms with E-state index in [-0.39, 0.29) is 0 Å². The Labute approximate surface area is 68.2 Å². The molecule has 11 heavy (non-hydrogen) atoms. The number of aliphatic hydroxyl groups is 1. The van der Waals surface area contributed by atoms with Crippen LogP contribution < -0.4 is 10.6 Å². The van der Waals surface area contributed by atoms with Gasteiger partial charge in [0.2, 0.25) is 0 Å². The Bertz CT molecular complexity index is 92.1. The minimum absolute atomic E-state index is 0.324. The minimum atomic E-state index is 0.324. The van der Waals surface area contributed by atoms with E-state index in [2.05, 4.69) is 10.6 Å². The molecule has 0 bridgehead atoms. The molecular formula is C8H18N2O. The molecule has 0 aromatic heterocycles. The summed E-state index contributed by atoms with van der Waals surface area (Å²) in [5.74, 6) is 0. The van der Waals surface area contributed by atoms with E-state index in [0.717, 1.165) is 32.5 Å². The summed E-state index contributed by atoms with van der Waals surface area (Å²) in [4.78, 5) is 0. The van der Waals surface area contributed by atoms with E-state index in [1.54, 1.807) is 0 Å². The first-order valence-corrected chi connectivity index (χ1v) is 4.48. The van der Waals surface area contributed by atoms with Gasteiger partial charge in [0.25, 0.3) is 0 Å². The molecule has 0 spiro atoms. The number of nitrogens with one attached hydrogen (secondary N) is 2. The molecule has 1 unspecified atom stereocenters. The van der Waals surface area contributed by atoms with Gasteiger partial charge in [-0.3, -0.25) is 0 Å². The second-order valence-corrected chi connectivity index (χ2v) is 3.07. The van der Waals surface area contributed by atoms with Crippen molar-refractivity contribution in [2.24, 2.45) is 0 Å². The van der Waals surface area contributed by atoms with Gasteiger partial charge in [0.05, 0.1) is 0 Å². The Morgan fingerprint density at radius 1 is 1.45 bits per heavy atom. The lowest BCUT2D eigenvalue weighted by Gasteiger charge is -2.09. The van der Waals surface area contributed by atoms with Gasteiger partial charge in [-0.15, -0.1) is 0 Å². The van der Waals surface area contributed by atoms with Crippen LogP contribution in [0.2, 0.25) is 0 Å². The molecule has 1 aliphatic rings. The van der Waals surface area contributed by atoms with Crippen molar-refractivity contribution in [3.63, 3.8) is 0 Å². The van der Waals surface area contributed by atoms with Crippen LogP contribution in [0.25, 0.3) is 0 Å². The average molecular weight is 158 g/mol. The predicted octanol–water partition coefficient (Wildman–Crippen LogP) is -0.290. The Balaban J connectivity index is 1.86. The zero-order valence-electron chi connectivity index (χ0n) is 6.97. The summed E-state index contributed by atoms with van der Waals surface area (Å²) in [6, 6.07) is 0.675. The maximum Gasteiger partial charge on any atom is 0.0431 e. The summed E-state index contributed by atoms with van der Waals surface area (Å²) < 4.78 is 0. The standard InChI is InChI=1S/C8H18N2O/c11-6-2-1-4-10-8-3-5-9-7-8/h8-11H,1-7H2. The minimum Gasteiger partial charge on any atom is -0.396 e. The zero-order valence-corrected chi connectivity index (χ0v) is 6.97. The highest BCUT2D eigenvalue weighted by Gasteiger charge is 2.11. The first-order valence-electron chi connectivity index (χ1n) is 4.48. The van der Waals surface area contributed by atoms with Crippen LogP contribution in [0.5, 0.6) is 0 Å². The Morgan fingerprint density at radius 2 is 2.36 bits per heavy atom. The van der Waals surface area contributed by atoms with E-state index in [0.29, 0.717) is 12.6 Å². The summed E-state index contributed by atoms with van der Waals surface area (Å²) >= 11 is 0. The van der Waals surface area contributed by atoms with E-state index in [1.807, 2.05) is 0 Å². The fraction of sp³-hybridized carbons (Fsp3) is 1.00. The Kier molecular flexibility index (Phi) is 4.50. The van der Waals surface area contributed by atoms with Gasteiger partial charge in [-0.05, 0) is 32.4 Å². The molecule has 66 valence electrons. The third-order valence-corrected chi connectivity index (χ3v) is 2.08. The third-order valence-electron chi connectivity index (χ3n) is 2.08. The summed E-state index contributed by atoms with van der Waals surface area (Å²) in [6.45, 7) is 3.63. The SMILES string of the molecule is OCCCCNC1CCNC1. The first kappa shape index (κ1) is 8.97. The van der Waals surface area contributed by atoms with Crippen LogP contribution in [0.15, 0.2) is 0 Å². The fourth-order valence-corrected chi connectivity index (χ4v) is 1.37. The quantitative estimate of drug-likeness (QED) is 0.482. The number of hydrogen-bond donors (Lipinski definition) is 3. The van der Waals surface area contributed by atoms with Crippen LogP contribution in [0.4, 0.5) is 0 Å². The molecule has 3 heteroatoms. The summed E-state index contributed by atoms with van der Waals surface area (Å²) in [6.07, 6.45) is 3.26. The molecule has 0 aromatic carbocycles. The van der Waals surface area contributed by atoms with Gasteiger partial charge in [0, 0.05) is 19.2 Å². The van der Waals surface area contributed by atoms with Crippen LogP contribution >= 0.6 is 0 Å². The van der Waals surface area contributed by atoms with E-state index in [4.69, 9.17) is 5.11 Å². The van der Waals surface area contributed by atoms with Crippen molar-refractivity contribution in [2.45, 2.75) is 25.3 Å². The molecule has 1 aliphatic heterocycles. The van der Waals surface area contributed by atoms with Crippen molar-refractivity contribution < 1.29 is 5.11 Å². The lowest BCUT2D eigenvalue weighted by atomic mass is 10.2. The van der Waals surface area contributed by atoms with Gasteiger partial charge in [-0.25, -0.2) is 0 Å². The van der Waals surface area contributed by atoms with Gasteiger partial charge < -0.3 is 15.7 Å². The van der Waals surface area contributed by atoms with Gasteiger partial charge >= 0.3 is 0 Å². The largest absolute Gasteiger partial charge is 0.396 e. The highest BCUT2D eigenvalue weighted by Crippen LogP contribution is 1.96. The molecular weight excluding hydrogens is 140 g/mol. The van der Waals surface area contributed by atoms with E-state index in [1.165, 1.54) is 6.42 Å². The number of rotatable bonds is 5. The maximum atomic E-state index is 8.52. The second-order valence-electron chi connectivity index (χ2n) is 3.07. The molecule has 0 aromatic rings. The molecule has 1 fully saturated rings. The summed E-state index contributed by atoms with van der Waals surface area (Å²) in [5, 5.41) is 15.3. The molecule has 0 radical (unpaired) electrons. The summed E-state index contributed by atoms with van der Waals surface area (Å²) in [5.41, 5.74) is 0. The molecule has 1 rings (SSSR count). The normalized spacial score (nSPS) is 24.3. The van der Waals surface area contributed by atoms with Gasteiger partial charge in [-0.2, -0.15) is 0 Å². The molecule has 3 nitrogen and oxygen atoms in total. The molecule has 1 heterocycles. The first-order chi connectivity index (χ1) is 5.43. The van der Waals surface area contributed by atoms with Crippen LogP contribution in [0.3, 0.4) is 0 Å². The Hall–Kier alpha value is -0.120. The summed E-state index contributed by atoms with van der Waals surface area (Å²) in [7, 11) is 0. The highest BCUT2D eigenvalue weighted by molar-refractivity contribution is 4.76. The topological polar surface area (TPSA) is 44.3 Å². The third kappa shape index (κ3) is 3.70. The molecule has 0 aliphatic carbocycles. The lowest BCUT2D eigenvalue weighted by Crippen LogP contribution is -2.31. The smallest absolute Gasteiger partial charge is 0.0431 e. The molecule has 0 saturated carbocycles. The van der Waals surface area contributed by atoms with E-state index >= 15 is 0 Å². The predicted molar refractivity (Wildman–Crippen MR) is 45.6 cm³/mol. The maximum absolute atomic E-state index is 8.52. The van der Waals surface area contributed by atoms with Gasteiger partial charge in [0.1, 0.15) is 0 Å².